The van der Waals surface area contributed by atoms with Crippen molar-refractivity contribution in [2.75, 3.05) is 13.2 Å². The van der Waals surface area contributed by atoms with Gasteiger partial charge in [0, 0.05) is 0 Å². The molecule has 6 nitrogen and oxygen atoms in total. The second-order valence-corrected chi connectivity index (χ2v) is 10.0. The van der Waals surface area contributed by atoms with E-state index < -0.39 is 18.1 Å². The molecular weight excluding hydrogens is 374 g/mol. The van der Waals surface area contributed by atoms with Gasteiger partial charge in [-0.05, 0) is 0 Å². The van der Waals surface area contributed by atoms with Crippen molar-refractivity contribution >= 4 is 33.2 Å². The molecule has 0 saturated carbocycles. The first kappa shape index (κ1) is 17.4. The van der Waals surface area contributed by atoms with Crippen LogP contribution in [-0.4, -0.2) is 40.3 Å². The topological polar surface area (TPSA) is 71.1 Å². The standard InChI is InChI=1S/C14H17O6PSe/c1-14(2)9-18-21(22,19-10-14)20-13(16)12(15)17-8-11-6-4-3-5-7-11/h3-7H,8-10H2,1-2H3. The van der Waals surface area contributed by atoms with Gasteiger partial charge in [-0.3, -0.25) is 0 Å². The molecule has 0 radical (unpaired) electrons. The monoisotopic (exact) mass is 392 g/mol. The van der Waals surface area contributed by atoms with Crippen molar-refractivity contribution in [2.45, 2.75) is 20.5 Å². The summed E-state index contributed by atoms with van der Waals surface area (Å²) in [5.74, 6) is -2.20. The maximum atomic E-state index is 11.8. The van der Waals surface area contributed by atoms with Crippen LogP contribution in [0.15, 0.2) is 30.3 Å². The summed E-state index contributed by atoms with van der Waals surface area (Å²) < 4.78 is 20.8. The quantitative estimate of drug-likeness (QED) is 0.341. The van der Waals surface area contributed by atoms with Crippen LogP contribution in [-0.2, 0) is 34.5 Å². The van der Waals surface area contributed by atoms with Gasteiger partial charge < -0.3 is 0 Å². The summed E-state index contributed by atoms with van der Waals surface area (Å²) in [6.07, 6.45) is -2.92. The number of esters is 1. The van der Waals surface area contributed by atoms with Gasteiger partial charge in [0.15, 0.2) is 0 Å². The van der Waals surface area contributed by atoms with Gasteiger partial charge in [0.05, 0.1) is 0 Å². The molecule has 0 atom stereocenters. The number of carbonyl (C=O) groups excluding carboxylic acids is 2. The number of hydrogen-bond acceptors (Lipinski definition) is 6. The van der Waals surface area contributed by atoms with Crippen LogP contribution in [0.25, 0.3) is 0 Å². The molecular formula is C14H17O6PSe. The molecule has 1 aromatic carbocycles. The molecule has 22 heavy (non-hydrogen) atoms. The molecule has 2 rings (SSSR count). The van der Waals surface area contributed by atoms with Crippen molar-refractivity contribution in [2.24, 2.45) is 5.41 Å². The van der Waals surface area contributed by atoms with E-state index >= 15 is 0 Å². The Morgan fingerprint density at radius 1 is 1.18 bits per heavy atom. The summed E-state index contributed by atoms with van der Waals surface area (Å²) >= 11 is 2.61. The molecule has 1 aliphatic heterocycles. The van der Waals surface area contributed by atoms with Crippen molar-refractivity contribution in [1.29, 1.82) is 0 Å². The van der Waals surface area contributed by atoms with E-state index in [0.29, 0.717) is 13.2 Å². The first-order valence-corrected chi connectivity index (χ1v) is 10.4. The van der Waals surface area contributed by atoms with E-state index in [1.807, 2.05) is 32.0 Å². The van der Waals surface area contributed by atoms with E-state index in [0.717, 1.165) is 5.56 Å². The Morgan fingerprint density at radius 3 is 2.36 bits per heavy atom. The molecule has 0 bridgehead atoms. The van der Waals surface area contributed by atoms with E-state index in [1.165, 1.54) is 0 Å². The molecule has 1 fully saturated rings. The number of rotatable bonds is 3. The molecule has 0 amide bonds. The summed E-state index contributed by atoms with van der Waals surface area (Å²) in [5.41, 5.74) is 0.622. The van der Waals surface area contributed by atoms with Gasteiger partial charge in [0.25, 0.3) is 0 Å². The summed E-state index contributed by atoms with van der Waals surface area (Å²) in [6.45, 7) is 4.68. The molecule has 1 aliphatic rings. The molecule has 0 N–H and O–H groups in total. The van der Waals surface area contributed by atoms with Gasteiger partial charge in [-0.2, -0.15) is 0 Å². The normalized spacial score (nSPS) is 19.2. The van der Waals surface area contributed by atoms with Crippen molar-refractivity contribution in [3.8, 4) is 0 Å². The SMILES string of the molecule is CC1(C)COP(=[Se])(OC(=O)C(=O)OCc2ccccc2)OC1. The van der Waals surface area contributed by atoms with Crippen molar-refractivity contribution in [3.63, 3.8) is 0 Å². The summed E-state index contributed by atoms with van der Waals surface area (Å²) in [4.78, 5) is 23.4. The molecule has 120 valence electrons. The molecule has 1 aromatic rings. The van der Waals surface area contributed by atoms with Crippen LogP contribution < -0.4 is 0 Å². The first-order valence-electron chi connectivity index (χ1n) is 6.63. The van der Waals surface area contributed by atoms with Crippen LogP contribution in [0.3, 0.4) is 0 Å². The number of ether oxygens (including phenoxy) is 1. The van der Waals surface area contributed by atoms with Gasteiger partial charge in [0.2, 0.25) is 0 Å². The van der Waals surface area contributed by atoms with Crippen molar-refractivity contribution in [1.82, 2.24) is 0 Å². The van der Waals surface area contributed by atoms with Crippen molar-refractivity contribution in [3.05, 3.63) is 35.9 Å². The molecule has 0 aromatic heterocycles. The van der Waals surface area contributed by atoms with Gasteiger partial charge in [0.1, 0.15) is 0 Å². The predicted molar refractivity (Wildman–Crippen MR) is 80.7 cm³/mol. The Balaban J connectivity index is 1.84. The summed E-state index contributed by atoms with van der Waals surface area (Å²) in [6, 6.07) is 9.05. The molecule has 1 saturated heterocycles. The number of carbonyl (C=O) groups is 2. The van der Waals surface area contributed by atoms with Crippen LogP contribution in [0.2, 0.25) is 0 Å². The summed E-state index contributed by atoms with van der Waals surface area (Å²) in [5, 5.41) is 0. The van der Waals surface area contributed by atoms with Crippen LogP contribution in [0.4, 0.5) is 0 Å². The Labute approximate surface area is 136 Å². The summed E-state index contributed by atoms with van der Waals surface area (Å²) in [7, 11) is 0. The third kappa shape index (κ3) is 5.04. The fraction of sp³-hybridized carbons (Fsp3) is 0.429. The molecule has 0 unspecified atom stereocenters. The number of benzene rings is 1. The minimum absolute atomic E-state index is 0.00237. The third-order valence-corrected chi connectivity index (χ3v) is 5.88. The van der Waals surface area contributed by atoms with Crippen LogP contribution >= 0.6 is 6.19 Å². The third-order valence-electron chi connectivity index (χ3n) is 2.80. The van der Waals surface area contributed by atoms with Crippen molar-refractivity contribution < 1.29 is 27.9 Å². The second kappa shape index (κ2) is 7.07. The second-order valence-electron chi connectivity index (χ2n) is 5.60. The van der Waals surface area contributed by atoms with E-state index in [1.54, 1.807) is 12.1 Å². The number of hydrogen-bond donors (Lipinski definition) is 0. The van der Waals surface area contributed by atoms with Gasteiger partial charge in [-0.25, -0.2) is 0 Å². The zero-order valence-corrected chi connectivity index (χ0v) is 14.9. The zero-order chi connectivity index (χ0) is 16.2. The fourth-order valence-electron chi connectivity index (χ4n) is 1.56. The predicted octanol–water partition coefficient (Wildman–Crippen LogP) is 2.19. The molecule has 1 heterocycles. The molecule has 0 spiro atoms. The Morgan fingerprint density at radius 2 is 1.77 bits per heavy atom. The van der Waals surface area contributed by atoms with Gasteiger partial charge in [-0.15, -0.1) is 0 Å². The Kier molecular flexibility index (Phi) is 5.59. The van der Waals surface area contributed by atoms with E-state index in [9.17, 15) is 9.59 Å². The molecule has 0 aliphatic carbocycles. The average Bonchev–Trinajstić information content (AvgIpc) is 2.49. The Bertz CT molecular complexity index is 587. The van der Waals surface area contributed by atoms with Crippen LogP contribution in [0, 0.1) is 5.41 Å². The van der Waals surface area contributed by atoms with E-state index in [2.05, 4.69) is 15.1 Å². The van der Waals surface area contributed by atoms with E-state index in [-0.39, 0.29) is 12.0 Å². The van der Waals surface area contributed by atoms with Gasteiger partial charge >= 0.3 is 136 Å². The fourth-order valence-corrected chi connectivity index (χ4v) is 4.12. The molecule has 8 heteroatoms. The van der Waals surface area contributed by atoms with Crippen LogP contribution in [0.5, 0.6) is 0 Å². The van der Waals surface area contributed by atoms with E-state index in [4.69, 9.17) is 18.3 Å². The zero-order valence-electron chi connectivity index (χ0n) is 12.3. The average molecular weight is 391 g/mol. The Hall–Kier alpha value is -0.971. The van der Waals surface area contributed by atoms with Crippen LogP contribution in [0.1, 0.15) is 19.4 Å². The maximum absolute atomic E-state index is 11.8. The minimum atomic E-state index is -2.92. The first-order chi connectivity index (χ1) is 10.3. The van der Waals surface area contributed by atoms with Gasteiger partial charge in [-0.1, -0.05) is 0 Å².